The first-order valence-corrected chi connectivity index (χ1v) is 9.73. The summed E-state index contributed by atoms with van der Waals surface area (Å²) in [5.74, 6) is -0.167. The Morgan fingerprint density at radius 3 is 2.74 bits per heavy atom. The van der Waals surface area contributed by atoms with Crippen LogP contribution in [0.4, 0.5) is 5.69 Å². The SMILES string of the molecule is CCc1ccccc1N(CCNC(=O)C1CCCO1)S(C)(=O)=O. The number of nitrogens with one attached hydrogen (secondary N) is 1. The first-order chi connectivity index (χ1) is 10.9. The molecule has 1 unspecified atom stereocenters. The van der Waals surface area contributed by atoms with Crippen molar-refractivity contribution in [3.8, 4) is 0 Å². The summed E-state index contributed by atoms with van der Waals surface area (Å²) in [5, 5.41) is 2.76. The Labute approximate surface area is 137 Å². The highest BCUT2D eigenvalue weighted by Crippen LogP contribution is 2.23. The monoisotopic (exact) mass is 340 g/mol. The first-order valence-electron chi connectivity index (χ1n) is 7.88. The standard InChI is InChI=1S/C16H24N2O4S/c1-3-13-7-4-5-8-14(13)18(23(2,20)21)11-10-17-16(19)15-9-6-12-22-15/h4-5,7-8,15H,3,6,9-12H2,1-2H3,(H,17,19). The van der Waals surface area contributed by atoms with Crippen LogP contribution >= 0.6 is 0 Å². The quantitative estimate of drug-likeness (QED) is 0.812. The summed E-state index contributed by atoms with van der Waals surface area (Å²) < 4.78 is 30.9. The van der Waals surface area contributed by atoms with Crippen LogP contribution in [-0.4, -0.2) is 46.4 Å². The van der Waals surface area contributed by atoms with Crippen LogP contribution in [0.2, 0.25) is 0 Å². The summed E-state index contributed by atoms with van der Waals surface area (Å²) in [5.41, 5.74) is 1.63. The van der Waals surface area contributed by atoms with Crippen LogP contribution < -0.4 is 9.62 Å². The number of carbonyl (C=O) groups is 1. The van der Waals surface area contributed by atoms with Gasteiger partial charge in [0.1, 0.15) is 6.10 Å². The molecule has 2 rings (SSSR count). The number of sulfonamides is 1. The molecule has 1 aliphatic heterocycles. The largest absolute Gasteiger partial charge is 0.368 e. The van der Waals surface area contributed by atoms with Gasteiger partial charge in [-0.25, -0.2) is 8.42 Å². The Kier molecular flexibility index (Phi) is 6.01. The number of aryl methyl sites for hydroxylation is 1. The van der Waals surface area contributed by atoms with Crippen molar-refractivity contribution < 1.29 is 17.9 Å². The van der Waals surface area contributed by atoms with Gasteiger partial charge in [0.05, 0.1) is 18.5 Å². The Morgan fingerprint density at radius 1 is 1.39 bits per heavy atom. The fraction of sp³-hybridized carbons (Fsp3) is 0.562. The molecule has 0 radical (unpaired) electrons. The van der Waals surface area contributed by atoms with Gasteiger partial charge in [0.15, 0.2) is 0 Å². The molecule has 1 saturated heterocycles. The maximum atomic E-state index is 12.1. The van der Waals surface area contributed by atoms with Crippen LogP contribution in [0.3, 0.4) is 0 Å². The van der Waals surface area contributed by atoms with Gasteiger partial charge in [0.25, 0.3) is 0 Å². The van der Waals surface area contributed by atoms with E-state index in [4.69, 9.17) is 4.74 Å². The highest BCUT2D eigenvalue weighted by atomic mass is 32.2. The normalized spacial score (nSPS) is 17.9. The molecule has 0 bridgehead atoms. The number of carbonyl (C=O) groups excluding carboxylic acids is 1. The molecular formula is C16H24N2O4S. The minimum Gasteiger partial charge on any atom is -0.368 e. The summed E-state index contributed by atoms with van der Waals surface area (Å²) in [7, 11) is -3.42. The smallest absolute Gasteiger partial charge is 0.249 e. The molecule has 6 nitrogen and oxygen atoms in total. The Bertz CT molecular complexity index is 639. The Balaban J connectivity index is 2.04. The lowest BCUT2D eigenvalue weighted by Crippen LogP contribution is -2.41. The average Bonchev–Trinajstić information content (AvgIpc) is 3.04. The van der Waals surface area contributed by atoms with Gasteiger partial charge >= 0.3 is 0 Å². The second kappa shape index (κ2) is 7.79. The molecule has 0 aromatic heterocycles. The summed E-state index contributed by atoms with van der Waals surface area (Å²) in [4.78, 5) is 11.9. The van der Waals surface area contributed by atoms with E-state index in [1.165, 1.54) is 10.6 Å². The van der Waals surface area contributed by atoms with E-state index in [2.05, 4.69) is 5.32 Å². The van der Waals surface area contributed by atoms with E-state index in [1.54, 1.807) is 6.07 Å². The van der Waals surface area contributed by atoms with Crippen LogP contribution in [0, 0.1) is 0 Å². The van der Waals surface area contributed by atoms with E-state index in [-0.39, 0.29) is 19.0 Å². The molecule has 1 aromatic rings. The highest BCUT2D eigenvalue weighted by Gasteiger charge is 2.24. The minimum absolute atomic E-state index is 0.167. The number of hydrogen-bond acceptors (Lipinski definition) is 4. The van der Waals surface area contributed by atoms with Crippen molar-refractivity contribution in [1.29, 1.82) is 0 Å². The van der Waals surface area contributed by atoms with Crippen molar-refractivity contribution in [3.63, 3.8) is 0 Å². The van der Waals surface area contributed by atoms with Gasteiger partial charge in [-0.2, -0.15) is 0 Å². The third-order valence-electron chi connectivity index (χ3n) is 3.88. The zero-order valence-electron chi connectivity index (χ0n) is 13.6. The van der Waals surface area contributed by atoms with Gasteiger partial charge in [0, 0.05) is 13.2 Å². The molecule has 0 saturated carbocycles. The number of hydrogen-bond donors (Lipinski definition) is 1. The molecule has 128 valence electrons. The molecule has 1 aromatic carbocycles. The fourth-order valence-corrected chi connectivity index (χ4v) is 3.66. The van der Waals surface area contributed by atoms with Crippen molar-refractivity contribution in [2.45, 2.75) is 32.3 Å². The van der Waals surface area contributed by atoms with E-state index in [9.17, 15) is 13.2 Å². The number of benzene rings is 1. The molecule has 1 heterocycles. The number of para-hydroxylation sites is 1. The zero-order chi connectivity index (χ0) is 16.9. The number of rotatable bonds is 7. The second-order valence-corrected chi connectivity index (χ2v) is 7.52. The highest BCUT2D eigenvalue weighted by molar-refractivity contribution is 7.92. The van der Waals surface area contributed by atoms with E-state index >= 15 is 0 Å². The Morgan fingerprint density at radius 2 is 2.13 bits per heavy atom. The van der Waals surface area contributed by atoms with Crippen LogP contribution in [0.1, 0.15) is 25.3 Å². The average molecular weight is 340 g/mol. The van der Waals surface area contributed by atoms with Crippen LogP contribution in [0.25, 0.3) is 0 Å². The first kappa shape index (κ1) is 17.7. The lowest BCUT2D eigenvalue weighted by molar-refractivity contribution is -0.129. The summed E-state index contributed by atoms with van der Waals surface area (Å²) in [6.07, 6.45) is 3.13. The molecule has 23 heavy (non-hydrogen) atoms. The number of anilines is 1. The van der Waals surface area contributed by atoms with Gasteiger partial charge < -0.3 is 10.1 Å². The van der Waals surface area contributed by atoms with E-state index in [0.717, 1.165) is 24.8 Å². The predicted octanol–water partition coefficient (Wildman–Crippen LogP) is 1.31. The Hall–Kier alpha value is -1.60. The van der Waals surface area contributed by atoms with Gasteiger partial charge in [-0.15, -0.1) is 0 Å². The van der Waals surface area contributed by atoms with Crippen LogP contribution in [0.15, 0.2) is 24.3 Å². The molecule has 1 atom stereocenters. The fourth-order valence-electron chi connectivity index (χ4n) is 2.70. The number of nitrogens with zero attached hydrogens (tertiary/aromatic N) is 1. The van der Waals surface area contributed by atoms with Gasteiger partial charge in [-0.05, 0) is 30.9 Å². The summed E-state index contributed by atoms with van der Waals surface area (Å²) in [6, 6.07) is 7.42. The molecule has 1 fully saturated rings. The third-order valence-corrected chi connectivity index (χ3v) is 5.06. The number of ether oxygens (including phenoxy) is 1. The molecule has 1 N–H and O–H groups in total. The van der Waals surface area contributed by atoms with Crippen LogP contribution in [-0.2, 0) is 26.0 Å². The van der Waals surface area contributed by atoms with Gasteiger partial charge in [-0.1, -0.05) is 25.1 Å². The molecule has 1 aliphatic rings. The molecular weight excluding hydrogens is 316 g/mol. The maximum absolute atomic E-state index is 12.1. The van der Waals surface area contributed by atoms with E-state index in [0.29, 0.717) is 12.3 Å². The van der Waals surface area contributed by atoms with E-state index in [1.807, 2.05) is 25.1 Å². The molecule has 0 spiro atoms. The van der Waals surface area contributed by atoms with Gasteiger partial charge in [-0.3, -0.25) is 9.10 Å². The minimum atomic E-state index is -3.42. The summed E-state index contributed by atoms with van der Waals surface area (Å²) >= 11 is 0. The molecule has 7 heteroatoms. The summed E-state index contributed by atoms with van der Waals surface area (Å²) in [6.45, 7) is 3.05. The van der Waals surface area contributed by atoms with Gasteiger partial charge in [0.2, 0.25) is 15.9 Å². The molecule has 1 amide bonds. The molecule has 0 aliphatic carbocycles. The lowest BCUT2D eigenvalue weighted by Gasteiger charge is -2.25. The topological polar surface area (TPSA) is 75.7 Å². The van der Waals surface area contributed by atoms with Crippen LogP contribution in [0.5, 0.6) is 0 Å². The van der Waals surface area contributed by atoms with Crippen molar-refractivity contribution in [2.75, 3.05) is 30.3 Å². The maximum Gasteiger partial charge on any atom is 0.249 e. The van der Waals surface area contributed by atoms with E-state index < -0.39 is 16.1 Å². The number of amides is 1. The zero-order valence-corrected chi connectivity index (χ0v) is 14.4. The second-order valence-electron chi connectivity index (χ2n) is 5.61. The van der Waals surface area contributed by atoms with Crippen molar-refractivity contribution in [2.24, 2.45) is 0 Å². The lowest BCUT2D eigenvalue weighted by atomic mass is 10.1. The van der Waals surface area contributed by atoms with Crippen molar-refractivity contribution in [3.05, 3.63) is 29.8 Å². The third kappa shape index (κ3) is 4.68. The van der Waals surface area contributed by atoms with Crippen molar-refractivity contribution in [1.82, 2.24) is 5.32 Å². The predicted molar refractivity (Wildman–Crippen MR) is 90.0 cm³/mol. The van der Waals surface area contributed by atoms with Crippen molar-refractivity contribution >= 4 is 21.6 Å².